The van der Waals surface area contributed by atoms with Gasteiger partial charge in [0.2, 0.25) is 5.91 Å². The normalized spacial score (nSPS) is 21.2. The van der Waals surface area contributed by atoms with Crippen LogP contribution in [0.1, 0.15) is 43.5 Å². The van der Waals surface area contributed by atoms with E-state index in [-0.39, 0.29) is 17.7 Å². The van der Waals surface area contributed by atoms with Gasteiger partial charge in [0, 0.05) is 5.92 Å². The van der Waals surface area contributed by atoms with Gasteiger partial charge in [-0.05, 0) is 31.4 Å². The van der Waals surface area contributed by atoms with E-state index < -0.39 is 12.0 Å². The second kappa shape index (κ2) is 7.78. The van der Waals surface area contributed by atoms with Crippen LogP contribution in [0.25, 0.3) is 10.2 Å². The molecule has 1 aliphatic carbocycles. The molecule has 2 aromatic rings. The number of aliphatic carboxylic acids is 1. The number of rotatable bonds is 6. The SMILES string of the molecule is CCCC(NC(=O)C1CC=CCC1c1nc2ccccc2s1)C(=O)O. The van der Waals surface area contributed by atoms with Crippen molar-refractivity contribution in [1.29, 1.82) is 0 Å². The third-order valence-electron chi connectivity index (χ3n) is 4.59. The second-order valence-electron chi connectivity index (χ2n) is 6.36. The highest BCUT2D eigenvalue weighted by atomic mass is 32.1. The summed E-state index contributed by atoms with van der Waals surface area (Å²) in [4.78, 5) is 28.8. The summed E-state index contributed by atoms with van der Waals surface area (Å²) in [6.45, 7) is 1.91. The maximum atomic E-state index is 12.8. The Morgan fingerprint density at radius 1 is 1.32 bits per heavy atom. The Morgan fingerprint density at radius 2 is 2.08 bits per heavy atom. The first kappa shape index (κ1) is 17.6. The monoisotopic (exact) mass is 358 g/mol. The molecule has 3 rings (SSSR count). The minimum atomic E-state index is -0.974. The first-order valence-electron chi connectivity index (χ1n) is 8.63. The van der Waals surface area contributed by atoms with Crippen LogP contribution < -0.4 is 5.32 Å². The summed E-state index contributed by atoms with van der Waals surface area (Å²) >= 11 is 1.62. The molecule has 5 nitrogen and oxygen atoms in total. The molecule has 132 valence electrons. The van der Waals surface area contributed by atoms with Crippen molar-refractivity contribution >= 4 is 33.4 Å². The minimum Gasteiger partial charge on any atom is -0.480 e. The molecule has 1 aromatic heterocycles. The van der Waals surface area contributed by atoms with Gasteiger partial charge in [0.25, 0.3) is 0 Å². The molecule has 1 aromatic carbocycles. The Hall–Kier alpha value is -2.21. The van der Waals surface area contributed by atoms with Crippen LogP contribution in [0.4, 0.5) is 0 Å². The lowest BCUT2D eigenvalue weighted by Crippen LogP contribution is -2.45. The minimum absolute atomic E-state index is 0.00142. The molecule has 0 fully saturated rings. The Balaban J connectivity index is 1.82. The van der Waals surface area contributed by atoms with Gasteiger partial charge in [-0.25, -0.2) is 9.78 Å². The smallest absolute Gasteiger partial charge is 0.326 e. The van der Waals surface area contributed by atoms with E-state index in [9.17, 15) is 14.7 Å². The third kappa shape index (κ3) is 3.90. The van der Waals surface area contributed by atoms with E-state index in [0.717, 1.165) is 21.6 Å². The quantitative estimate of drug-likeness (QED) is 0.772. The summed E-state index contributed by atoms with van der Waals surface area (Å²) in [5, 5.41) is 13.0. The lowest BCUT2D eigenvalue weighted by atomic mass is 9.82. The maximum absolute atomic E-state index is 12.8. The number of thiazole rings is 1. The number of amides is 1. The zero-order chi connectivity index (χ0) is 17.8. The number of nitrogens with zero attached hydrogens (tertiary/aromatic N) is 1. The number of carbonyl (C=O) groups excluding carboxylic acids is 1. The predicted octanol–water partition coefficient (Wildman–Crippen LogP) is 3.72. The molecule has 1 amide bonds. The van der Waals surface area contributed by atoms with Gasteiger partial charge in [0.05, 0.1) is 21.1 Å². The molecule has 3 atom stereocenters. The molecule has 25 heavy (non-hydrogen) atoms. The molecule has 0 spiro atoms. The first-order valence-corrected chi connectivity index (χ1v) is 9.45. The van der Waals surface area contributed by atoms with Gasteiger partial charge in [-0.15, -0.1) is 11.3 Å². The van der Waals surface area contributed by atoms with Crippen LogP contribution in [0.2, 0.25) is 0 Å². The van der Waals surface area contributed by atoms with E-state index in [1.54, 1.807) is 11.3 Å². The number of fused-ring (bicyclic) bond motifs is 1. The first-order chi connectivity index (χ1) is 12.1. The van der Waals surface area contributed by atoms with Gasteiger partial charge in [0.15, 0.2) is 0 Å². The number of benzene rings is 1. The molecular formula is C19H22N2O3S. The Morgan fingerprint density at radius 3 is 2.80 bits per heavy atom. The molecule has 1 heterocycles. The van der Waals surface area contributed by atoms with Gasteiger partial charge in [-0.1, -0.05) is 37.6 Å². The van der Waals surface area contributed by atoms with Crippen LogP contribution in [0.5, 0.6) is 0 Å². The zero-order valence-corrected chi connectivity index (χ0v) is 15.0. The maximum Gasteiger partial charge on any atom is 0.326 e. The van der Waals surface area contributed by atoms with E-state index in [4.69, 9.17) is 4.98 Å². The molecule has 0 aliphatic heterocycles. The fourth-order valence-corrected chi connectivity index (χ4v) is 4.40. The molecule has 0 saturated carbocycles. The van der Waals surface area contributed by atoms with Crippen molar-refractivity contribution in [3.05, 3.63) is 41.4 Å². The summed E-state index contributed by atoms with van der Waals surface area (Å²) in [6.07, 6.45) is 6.61. The van der Waals surface area contributed by atoms with Crippen molar-refractivity contribution in [2.24, 2.45) is 5.92 Å². The van der Waals surface area contributed by atoms with Crippen LogP contribution >= 0.6 is 11.3 Å². The number of allylic oxidation sites excluding steroid dienone is 2. The van der Waals surface area contributed by atoms with E-state index >= 15 is 0 Å². The summed E-state index contributed by atoms with van der Waals surface area (Å²) in [7, 11) is 0. The van der Waals surface area contributed by atoms with Crippen molar-refractivity contribution in [2.75, 3.05) is 0 Å². The van der Waals surface area contributed by atoms with Gasteiger partial charge >= 0.3 is 5.97 Å². The molecule has 0 radical (unpaired) electrons. The Labute approximate surface area is 150 Å². The highest BCUT2D eigenvalue weighted by Crippen LogP contribution is 2.38. The molecule has 3 unspecified atom stereocenters. The second-order valence-corrected chi connectivity index (χ2v) is 7.43. The van der Waals surface area contributed by atoms with Crippen LogP contribution in [-0.2, 0) is 9.59 Å². The number of hydrogen-bond acceptors (Lipinski definition) is 4. The molecule has 0 saturated heterocycles. The molecule has 6 heteroatoms. The lowest BCUT2D eigenvalue weighted by Gasteiger charge is -2.27. The fourth-order valence-electron chi connectivity index (χ4n) is 3.25. The van der Waals surface area contributed by atoms with Crippen molar-refractivity contribution in [3.63, 3.8) is 0 Å². The number of carboxylic acids is 1. The number of para-hydroxylation sites is 1. The highest BCUT2D eigenvalue weighted by molar-refractivity contribution is 7.18. The van der Waals surface area contributed by atoms with Crippen LogP contribution in [-0.4, -0.2) is 28.0 Å². The topological polar surface area (TPSA) is 79.3 Å². The average molecular weight is 358 g/mol. The summed E-state index contributed by atoms with van der Waals surface area (Å²) in [6, 6.07) is 7.13. The summed E-state index contributed by atoms with van der Waals surface area (Å²) in [5.74, 6) is -1.43. The number of carboxylic acid groups (broad SMARTS) is 1. The van der Waals surface area contributed by atoms with Gasteiger partial charge < -0.3 is 10.4 Å². The Kier molecular flexibility index (Phi) is 5.48. The average Bonchev–Trinajstić information content (AvgIpc) is 3.05. The molecule has 2 N–H and O–H groups in total. The number of aromatic nitrogens is 1. The highest BCUT2D eigenvalue weighted by Gasteiger charge is 2.34. The van der Waals surface area contributed by atoms with Gasteiger partial charge in [-0.3, -0.25) is 4.79 Å². The molecular weight excluding hydrogens is 336 g/mol. The standard InChI is InChI=1S/C19H22N2O3S/c1-2-7-15(19(23)24)20-17(22)12-8-3-4-9-13(12)18-21-14-10-5-6-11-16(14)25-18/h3-6,10-13,15H,2,7-9H2,1H3,(H,20,22)(H,23,24). The van der Waals surface area contributed by atoms with Gasteiger partial charge in [-0.2, -0.15) is 0 Å². The fraction of sp³-hybridized carbons (Fsp3) is 0.421. The van der Waals surface area contributed by atoms with Crippen LogP contribution in [0, 0.1) is 5.92 Å². The Bertz CT molecular complexity index is 766. The number of nitrogens with one attached hydrogen (secondary N) is 1. The summed E-state index contributed by atoms with van der Waals surface area (Å²) in [5.41, 5.74) is 0.950. The predicted molar refractivity (Wildman–Crippen MR) is 98.7 cm³/mol. The number of hydrogen-bond donors (Lipinski definition) is 2. The van der Waals surface area contributed by atoms with E-state index in [1.165, 1.54) is 0 Å². The van der Waals surface area contributed by atoms with Crippen LogP contribution in [0.3, 0.4) is 0 Å². The van der Waals surface area contributed by atoms with Crippen molar-refractivity contribution < 1.29 is 14.7 Å². The van der Waals surface area contributed by atoms with Crippen LogP contribution in [0.15, 0.2) is 36.4 Å². The lowest BCUT2D eigenvalue weighted by molar-refractivity contribution is -0.142. The van der Waals surface area contributed by atoms with E-state index in [0.29, 0.717) is 19.3 Å². The molecule has 0 bridgehead atoms. The van der Waals surface area contributed by atoms with E-state index in [2.05, 4.69) is 11.4 Å². The molecule has 1 aliphatic rings. The zero-order valence-electron chi connectivity index (χ0n) is 14.1. The summed E-state index contributed by atoms with van der Waals surface area (Å²) < 4.78 is 1.11. The third-order valence-corrected chi connectivity index (χ3v) is 5.76. The number of carbonyl (C=O) groups is 2. The van der Waals surface area contributed by atoms with Crippen molar-refractivity contribution in [2.45, 2.75) is 44.6 Å². The van der Waals surface area contributed by atoms with Crippen molar-refractivity contribution in [1.82, 2.24) is 10.3 Å². The van der Waals surface area contributed by atoms with Gasteiger partial charge in [0.1, 0.15) is 6.04 Å². The largest absolute Gasteiger partial charge is 0.480 e. The van der Waals surface area contributed by atoms with E-state index in [1.807, 2.05) is 37.3 Å². The van der Waals surface area contributed by atoms with Crippen molar-refractivity contribution in [3.8, 4) is 0 Å².